The first kappa shape index (κ1) is 10.2. The molecule has 0 aliphatic heterocycles. The van der Waals surface area contributed by atoms with Crippen LogP contribution in [0.2, 0.25) is 0 Å². The van der Waals surface area contributed by atoms with E-state index in [1.165, 1.54) is 0 Å². The lowest BCUT2D eigenvalue weighted by molar-refractivity contribution is 0.00332. The smallest absolute Gasteiger partial charge is 0.113 e. The molecule has 1 aromatic heterocycles. The molecule has 4 nitrogen and oxygen atoms in total. The predicted molar refractivity (Wildman–Crippen MR) is 64.3 cm³/mol. The molecule has 2 aromatic rings. The Morgan fingerprint density at radius 3 is 3.00 bits per heavy atom. The van der Waals surface area contributed by atoms with Crippen LogP contribution >= 0.6 is 15.9 Å². The van der Waals surface area contributed by atoms with Crippen molar-refractivity contribution < 1.29 is 4.74 Å². The van der Waals surface area contributed by atoms with Crippen molar-refractivity contribution >= 4 is 27.0 Å². The van der Waals surface area contributed by atoms with Gasteiger partial charge < -0.3 is 4.74 Å². The summed E-state index contributed by atoms with van der Waals surface area (Å²) in [6, 6.07) is 6.47. The lowest BCUT2D eigenvalue weighted by atomic mass is 9.89. The van der Waals surface area contributed by atoms with Crippen LogP contribution in [0.1, 0.15) is 18.9 Å². The second-order valence-corrected chi connectivity index (χ2v) is 5.07. The van der Waals surface area contributed by atoms with Crippen LogP contribution in [0.15, 0.2) is 22.7 Å². The van der Waals surface area contributed by atoms with E-state index in [4.69, 9.17) is 4.74 Å². The maximum Gasteiger partial charge on any atom is 0.113 e. The molecule has 0 saturated heterocycles. The summed E-state index contributed by atoms with van der Waals surface area (Å²) < 4.78 is 8.35. The molecule has 3 rings (SSSR count). The van der Waals surface area contributed by atoms with Crippen LogP contribution in [-0.4, -0.2) is 28.2 Å². The van der Waals surface area contributed by atoms with Gasteiger partial charge in [0.15, 0.2) is 0 Å². The SMILES string of the molecule is COC1CC(n2nnc3ccc(Br)cc32)C1. The standard InChI is InChI=1S/C11H12BrN3O/c1-16-9-5-8(6-9)15-11-4-7(12)2-3-10(11)13-14-15/h2-4,8-9H,5-6H2,1H3. The number of nitrogens with zero attached hydrogens (tertiary/aromatic N) is 3. The van der Waals surface area contributed by atoms with Crippen LogP contribution in [0.25, 0.3) is 11.0 Å². The molecule has 1 saturated carbocycles. The third-order valence-corrected chi connectivity index (χ3v) is 3.68. The summed E-state index contributed by atoms with van der Waals surface area (Å²) >= 11 is 3.47. The predicted octanol–water partition coefficient (Wildman–Crippen LogP) is 2.54. The fourth-order valence-electron chi connectivity index (χ4n) is 2.11. The highest BCUT2D eigenvalue weighted by Gasteiger charge is 2.32. The Labute approximate surface area is 102 Å². The van der Waals surface area contributed by atoms with Crippen molar-refractivity contribution in [1.82, 2.24) is 15.0 Å². The molecule has 1 aliphatic carbocycles. The van der Waals surface area contributed by atoms with Crippen molar-refractivity contribution in [3.63, 3.8) is 0 Å². The first-order chi connectivity index (χ1) is 7.78. The molecular weight excluding hydrogens is 270 g/mol. The van der Waals surface area contributed by atoms with Gasteiger partial charge in [0.2, 0.25) is 0 Å². The number of rotatable bonds is 2. The highest BCUT2D eigenvalue weighted by Crippen LogP contribution is 2.35. The van der Waals surface area contributed by atoms with Crippen LogP contribution in [0, 0.1) is 0 Å². The molecule has 0 amide bonds. The molecule has 0 spiro atoms. The van der Waals surface area contributed by atoms with Gasteiger partial charge in [0.1, 0.15) is 5.52 Å². The van der Waals surface area contributed by atoms with Gasteiger partial charge in [-0.3, -0.25) is 0 Å². The Bertz CT molecular complexity index is 519. The summed E-state index contributed by atoms with van der Waals surface area (Å²) in [6.07, 6.45) is 2.44. The molecule has 1 fully saturated rings. The van der Waals surface area contributed by atoms with Gasteiger partial charge in [0.25, 0.3) is 0 Å². The van der Waals surface area contributed by atoms with Crippen LogP contribution in [-0.2, 0) is 4.74 Å². The highest BCUT2D eigenvalue weighted by molar-refractivity contribution is 9.10. The zero-order valence-electron chi connectivity index (χ0n) is 8.93. The maximum atomic E-state index is 5.28. The van der Waals surface area contributed by atoms with Gasteiger partial charge in [0, 0.05) is 11.6 Å². The van der Waals surface area contributed by atoms with Gasteiger partial charge in [-0.25, -0.2) is 4.68 Å². The molecule has 1 aliphatic rings. The van der Waals surface area contributed by atoms with E-state index in [2.05, 4.69) is 32.3 Å². The minimum absolute atomic E-state index is 0.386. The van der Waals surface area contributed by atoms with Gasteiger partial charge in [-0.05, 0) is 31.0 Å². The Balaban J connectivity index is 1.96. The van der Waals surface area contributed by atoms with Crippen LogP contribution < -0.4 is 0 Å². The number of methoxy groups -OCH3 is 1. The molecule has 84 valence electrons. The molecule has 0 bridgehead atoms. The first-order valence-corrected chi connectivity index (χ1v) is 6.10. The zero-order valence-corrected chi connectivity index (χ0v) is 10.5. The van der Waals surface area contributed by atoms with E-state index in [-0.39, 0.29) is 0 Å². The van der Waals surface area contributed by atoms with Gasteiger partial charge >= 0.3 is 0 Å². The quantitative estimate of drug-likeness (QED) is 0.849. The molecular formula is C11H12BrN3O. The number of benzene rings is 1. The molecule has 0 radical (unpaired) electrons. The fraction of sp³-hybridized carbons (Fsp3) is 0.455. The molecule has 0 N–H and O–H groups in total. The second-order valence-electron chi connectivity index (χ2n) is 4.15. The Hall–Kier alpha value is -0.940. The van der Waals surface area contributed by atoms with E-state index < -0.39 is 0 Å². The van der Waals surface area contributed by atoms with Crippen molar-refractivity contribution in [1.29, 1.82) is 0 Å². The summed E-state index contributed by atoms with van der Waals surface area (Å²) in [5, 5.41) is 8.38. The van der Waals surface area contributed by atoms with Crippen LogP contribution in [0.3, 0.4) is 0 Å². The number of hydrogen-bond acceptors (Lipinski definition) is 3. The molecule has 1 aromatic carbocycles. The third-order valence-electron chi connectivity index (χ3n) is 3.18. The van der Waals surface area contributed by atoms with Crippen LogP contribution in [0.4, 0.5) is 0 Å². The normalized spacial score (nSPS) is 24.6. The third kappa shape index (κ3) is 1.55. The lowest BCUT2D eigenvalue weighted by Crippen LogP contribution is -2.33. The van der Waals surface area contributed by atoms with Crippen molar-refractivity contribution in [3.8, 4) is 0 Å². The van der Waals surface area contributed by atoms with Gasteiger partial charge in [-0.2, -0.15) is 0 Å². The Morgan fingerprint density at radius 1 is 1.44 bits per heavy atom. The topological polar surface area (TPSA) is 39.9 Å². The van der Waals surface area contributed by atoms with Crippen molar-refractivity contribution in [2.24, 2.45) is 0 Å². The van der Waals surface area contributed by atoms with E-state index in [9.17, 15) is 0 Å². The van der Waals surface area contributed by atoms with E-state index in [1.54, 1.807) is 7.11 Å². The first-order valence-electron chi connectivity index (χ1n) is 5.31. The fourth-order valence-corrected chi connectivity index (χ4v) is 2.46. The number of aromatic nitrogens is 3. The van der Waals surface area contributed by atoms with Gasteiger partial charge in [0.05, 0.1) is 17.7 Å². The van der Waals surface area contributed by atoms with Crippen molar-refractivity contribution in [3.05, 3.63) is 22.7 Å². The van der Waals surface area contributed by atoms with E-state index in [0.29, 0.717) is 12.1 Å². The summed E-state index contributed by atoms with van der Waals surface area (Å²) in [5.74, 6) is 0. The largest absolute Gasteiger partial charge is 0.381 e. The van der Waals surface area contributed by atoms with E-state index in [0.717, 1.165) is 28.3 Å². The molecule has 5 heteroatoms. The van der Waals surface area contributed by atoms with Crippen molar-refractivity contribution in [2.75, 3.05) is 7.11 Å². The molecule has 0 atom stereocenters. The van der Waals surface area contributed by atoms with E-state index in [1.807, 2.05) is 16.8 Å². The summed E-state index contributed by atoms with van der Waals surface area (Å²) in [7, 11) is 1.76. The average Bonchev–Trinajstić information content (AvgIpc) is 2.60. The van der Waals surface area contributed by atoms with Gasteiger partial charge in [-0.15, -0.1) is 5.10 Å². The van der Waals surface area contributed by atoms with E-state index >= 15 is 0 Å². The summed E-state index contributed by atoms with van der Waals surface area (Å²) in [5.41, 5.74) is 2.04. The van der Waals surface area contributed by atoms with Gasteiger partial charge in [-0.1, -0.05) is 21.1 Å². The zero-order chi connectivity index (χ0) is 11.1. The number of ether oxygens (including phenoxy) is 1. The number of hydrogen-bond donors (Lipinski definition) is 0. The summed E-state index contributed by atoms with van der Waals surface area (Å²) in [6.45, 7) is 0. The minimum atomic E-state index is 0.386. The molecule has 16 heavy (non-hydrogen) atoms. The highest BCUT2D eigenvalue weighted by atomic mass is 79.9. The molecule has 0 unspecified atom stereocenters. The average molecular weight is 282 g/mol. The second kappa shape index (κ2) is 3.82. The summed E-state index contributed by atoms with van der Waals surface area (Å²) in [4.78, 5) is 0. The van der Waals surface area contributed by atoms with Crippen molar-refractivity contribution in [2.45, 2.75) is 25.0 Å². The lowest BCUT2D eigenvalue weighted by Gasteiger charge is -2.34. The monoisotopic (exact) mass is 281 g/mol. The maximum absolute atomic E-state index is 5.28. The van der Waals surface area contributed by atoms with Crippen LogP contribution in [0.5, 0.6) is 0 Å². The number of fused-ring (bicyclic) bond motifs is 1. The Kier molecular flexibility index (Phi) is 2.44. The minimum Gasteiger partial charge on any atom is -0.381 e. The Morgan fingerprint density at radius 2 is 2.25 bits per heavy atom. The molecule has 1 heterocycles. The number of halogens is 1.